The van der Waals surface area contributed by atoms with Gasteiger partial charge < -0.3 is 34.5 Å². The van der Waals surface area contributed by atoms with E-state index in [1.807, 2.05) is 37.3 Å². The molecule has 1 fully saturated rings. The van der Waals surface area contributed by atoms with Gasteiger partial charge >= 0.3 is 0 Å². The highest BCUT2D eigenvalue weighted by Gasteiger charge is 2.66. The summed E-state index contributed by atoms with van der Waals surface area (Å²) >= 11 is 0. The predicted molar refractivity (Wildman–Crippen MR) is 183 cm³/mol. The Morgan fingerprint density at radius 1 is 1.13 bits per heavy atom. The summed E-state index contributed by atoms with van der Waals surface area (Å²) in [6.45, 7) is 9.82. The number of rotatable bonds is 12. The summed E-state index contributed by atoms with van der Waals surface area (Å²) in [6, 6.07) is 21.5. The molecule has 4 atom stereocenters. The molecular formula is C36H43N3O7Si. The molecule has 2 aliphatic rings. The van der Waals surface area contributed by atoms with Crippen LogP contribution in [0.3, 0.4) is 0 Å². The first-order valence-corrected chi connectivity index (χ1v) is 18.8. The molecule has 11 heteroatoms. The zero-order valence-corrected chi connectivity index (χ0v) is 28.3. The van der Waals surface area contributed by atoms with Crippen molar-refractivity contribution >= 4 is 37.4 Å². The fourth-order valence-electron chi connectivity index (χ4n) is 7.13. The zero-order valence-electron chi connectivity index (χ0n) is 27.3. The minimum absolute atomic E-state index is 0.0709. The lowest BCUT2D eigenvalue weighted by Gasteiger charge is -2.32. The van der Waals surface area contributed by atoms with Crippen molar-refractivity contribution in [1.82, 2.24) is 4.90 Å². The average Bonchev–Trinajstić information content (AvgIpc) is 3.47. The second kappa shape index (κ2) is 13.8. The van der Waals surface area contributed by atoms with Gasteiger partial charge in [-0.25, -0.2) is 0 Å². The molecule has 0 saturated carbocycles. The molecule has 3 aromatic carbocycles. The second-order valence-corrected chi connectivity index (χ2v) is 16.7. The third-order valence-corrected chi connectivity index (χ3v) is 11.7. The minimum atomic E-state index is -3.04. The average molecular weight is 658 g/mol. The van der Waals surface area contributed by atoms with Crippen molar-refractivity contribution in [2.75, 3.05) is 37.0 Å². The van der Waals surface area contributed by atoms with E-state index in [1.54, 1.807) is 78.5 Å². The Bertz CT molecular complexity index is 1630. The third kappa shape index (κ3) is 6.61. The number of amides is 3. The Kier molecular flexibility index (Phi) is 10.0. The van der Waals surface area contributed by atoms with E-state index >= 15 is 0 Å². The maximum Gasteiger partial charge on any atom is 0.264 e. The van der Waals surface area contributed by atoms with Gasteiger partial charge in [0.1, 0.15) is 5.75 Å². The lowest BCUT2D eigenvalue weighted by Crippen LogP contribution is -2.46. The largest absolute Gasteiger partial charge is 0.497 e. The van der Waals surface area contributed by atoms with Crippen LogP contribution in [0.5, 0.6) is 5.75 Å². The SMILES string of the molecule is C=CCN1C(=O)[C@]2(O[C@H](CC(=O)N(CCO)Cc3ccccc3)[C@@H]([Si](C)(C)O)[C@@H]2C)c2cc(NC(=O)c3ccc(OC)cc3)ccc21. The molecule has 248 valence electrons. The molecule has 0 aromatic heterocycles. The summed E-state index contributed by atoms with van der Waals surface area (Å²) < 4.78 is 12.0. The monoisotopic (exact) mass is 657 g/mol. The molecule has 47 heavy (non-hydrogen) atoms. The molecule has 2 heterocycles. The number of fused-ring (bicyclic) bond motifs is 2. The van der Waals surface area contributed by atoms with Crippen LogP contribution >= 0.6 is 0 Å². The fourth-order valence-corrected chi connectivity index (χ4v) is 9.68. The molecule has 3 amide bonds. The zero-order chi connectivity index (χ0) is 33.9. The summed E-state index contributed by atoms with van der Waals surface area (Å²) in [5, 5.41) is 12.7. The first kappa shape index (κ1) is 34.1. The van der Waals surface area contributed by atoms with Crippen molar-refractivity contribution in [2.45, 2.75) is 50.2 Å². The quantitative estimate of drug-likeness (QED) is 0.191. The van der Waals surface area contributed by atoms with Crippen LogP contribution in [0.2, 0.25) is 18.6 Å². The van der Waals surface area contributed by atoms with Gasteiger partial charge in [-0.15, -0.1) is 6.58 Å². The van der Waals surface area contributed by atoms with Crippen molar-refractivity contribution in [3.8, 4) is 5.75 Å². The molecule has 1 spiro atoms. The number of methoxy groups -OCH3 is 1. The normalized spacial score (nSPS) is 21.9. The number of aliphatic hydroxyl groups is 1. The summed E-state index contributed by atoms with van der Waals surface area (Å²) in [6.07, 6.45) is 0.803. The van der Waals surface area contributed by atoms with E-state index in [1.165, 1.54) is 0 Å². The molecule has 0 bridgehead atoms. The molecule has 0 aliphatic carbocycles. The number of ether oxygens (including phenoxy) is 2. The fraction of sp³-hybridized carbons (Fsp3) is 0.361. The Balaban J connectivity index is 1.50. The van der Waals surface area contributed by atoms with E-state index in [-0.39, 0.29) is 43.8 Å². The molecular weight excluding hydrogens is 614 g/mol. The van der Waals surface area contributed by atoms with Gasteiger partial charge in [0.25, 0.3) is 11.8 Å². The van der Waals surface area contributed by atoms with Gasteiger partial charge in [-0.3, -0.25) is 14.4 Å². The first-order valence-electron chi connectivity index (χ1n) is 15.8. The number of hydrogen-bond donors (Lipinski definition) is 3. The topological polar surface area (TPSA) is 129 Å². The molecule has 10 nitrogen and oxygen atoms in total. The summed E-state index contributed by atoms with van der Waals surface area (Å²) in [7, 11) is -1.48. The second-order valence-electron chi connectivity index (χ2n) is 12.7. The number of carbonyl (C=O) groups excluding carboxylic acids is 3. The van der Waals surface area contributed by atoms with Crippen LogP contribution in [-0.2, 0) is 26.5 Å². The standard InChI is InChI=1S/C36H43N3O7Si/c1-6-18-39-30-17-14-27(37-34(42)26-12-15-28(45-3)16-13-26)21-29(30)36(35(39)43)24(2)33(47(4,5)44)31(46-36)22-32(41)38(19-20-40)23-25-10-8-7-9-11-25/h6-17,21,24,31,33,40,44H,1,18-20,22-23H2,2-5H3,(H,37,42)/t24-,31+,33-,36+/m0/s1. The van der Waals surface area contributed by atoms with Crippen LogP contribution in [-0.4, -0.2) is 73.8 Å². The minimum Gasteiger partial charge on any atom is -0.497 e. The lowest BCUT2D eigenvalue weighted by atomic mass is 9.82. The van der Waals surface area contributed by atoms with Gasteiger partial charge in [-0.05, 0) is 61.1 Å². The Labute approximate surface area is 276 Å². The van der Waals surface area contributed by atoms with E-state index < -0.39 is 31.5 Å². The van der Waals surface area contributed by atoms with Gasteiger partial charge in [0.05, 0.1) is 31.9 Å². The van der Waals surface area contributed by atoms with Gasteiger partial charge in [-0.2, -0.15) is 0 Å². The number of carbonyl (C=O) groups is 3. The van der Waals surface area contributed by atoms with E-state index in [4.69, 9.17) is 9.47 Å². The summed E-state index contributed by atoms with van der Waals surface area (Å²) in [4.78, 5) is 56.2. The Morgan fingerprint density at radius 2 is 1.83 bits per heavy atom. The van der Waals surface area contributed by atoms with Crippen LogP contribution in [0.25, 0.3) is 0 Å². The highest BCUT2D eigenvalue weighted by Crippen LogP contribution is 2.60. The lowest BCUT2D eigenvalue weighted by molar-refractivity contribution is -0.149. The van der Waals surface area contributed by atoms with Crippen LogP contribution in [0, 0.1) is 5.92 Å². The molecule has 0 unspecified atom stereocenters. The van der Waals surface area contributed by atoms with Crippen LogP contribution in [0.4, 0.5) is 11.4 Å². The number of nitrogens with zero attached hydrogens (tertiary/aromatic N) is 2. The van der Waals surface area contributed by atoms with Gasteiger partial charge in [-0.1, -0.05) is 43.3 Å². The van der Waals surface area contributed by atoms with Gasteiger partial charge in [0.15, 0.2) is 13.9 Å². The van der Waals surface area contributed by atoms with E-state index in [9.17, 15) is 24.3 Å². The molecule has 3 aromatic rings. The van der Waals surface area contributed by atoms with Crippen molar-refractivity contribution in [2.24, 2.45) is 5.92 Å². The highest BCUT2D eigenvalue weighted by atomic mass is 28.4. The maximum atomic E-state index is 14.4. The van der Waals surface area contributed by atoms with Crippen molar-refractivity contribution in [3.63, 3.8) is 0 Å². The van der Waals surface area contributed by atoms with Crippen molar-refractivity contribution in [1.29, 1.82) is 0 Å². The molecule has 0 radical (unpaired) electrons. The number of nitrogens with one attached hydrogen (secondary N) is 1. The highest BCUT2D eigenvalue weighted by molar-refractivity contribution is 6.71. The number of anilines is 2. The summed E-state index contributed by atoms with van der Waals surface area (Å²) in [5.74, 6) is -0.739. The number of benzene rings is 3. The smallest absolute Gasteiger partial charge is 0.264 e. The van der Waals surface area contributed by atoms with Crippen LogP contribution < -0.4 is 15.0 Å². The number of aliphatic hydroxyl groups excluding tert-OH is 1. The van der Waals surface area contributed by atoms with Gasteiger partial charge in [0, 0.05) is 47.9 Å². The van der Waals surface area contributed by atoms with E-state index in [0.29, 0.717) is 34.8 Å². The van der Waals surface area contributed by atoms with E-state index in [0.717, 1.165) is 5.56 Å². The molecule has 3 N–H and O–H groups in total. The molecule has 2 aliphatic heterocycles. The Morgan fingerprint density at radius 3 is 2.45 bits per heavy atom. The van der Waals surface area contributed by atoms with Crippen molar-refractivity contribution < 1.29 is 33.8 Å². The number of hydrogen-bond acceptors (Lipinski definition) is 7. The van der Waals surface area contributed by atoms with Gasteiger partial charge in [0.2, 0.25) is 5.91 Å². The molecule has 1 saturated heterocycles. The van der Waals surface area contributed by atoms with Crippen molar-refractivity contribution in [3.05, 3.63) is 102 Å². The molecule has 5 rings (SSSR count). The predicted octanol–water partition coefficient (Wildman–Crippen LogP) is 4.69. The van der Waals surface area contributed by atoms with Crippen LogP contribution in [0.1, 0.15) is 34.8 Å². The third-order valence-electron chi connectivity index (χ3n) is 9.22. The van der Waals surface area contributed by atoms with Crippen LogP contribution in [0.15, 0.2) is 85.5 Å². The summed E-state index contributed by atoms with van der Waals surface area (Å²) in [5.41, 5.74) is 1.05. The first-order chi connectivity index (χ1) is 22.4. The Hall–Kier alpha value is -4.29. The van der Waals surface area contributed by atoms with E-state index in [2.05, 4.69) is 11.9 Å². The maximum absolute atomic E-state index is 14.4.